The van der Waals surface area contributed by atoms with Crippen LogP contribution in [0.4, 0.5) is 0 Å². The maximum absolute atomic E-state index is 12.5. The molecule has 3 N–H and O–H groups in total. The van der Waals surface area contributed by atoms with E-state index in [1.165, 1.54) is 0 Å². The number of thiophene rings is 1. The molecule has 0 bridgehead atoms. The molecule has 0 fully saturated rings. The van der Waals surface area contributed by atoms with Gasteiger partial charge in [0.15, 0.2) is 0 Å². The van der Waals surface area contributed by atoms with E-state index >= 15 is 0 Å². The van der Waals surface area contributed by atoms with Gasteiger partial charge in [-0.1, -0.05) is 12.1 Å². The Kier molecular flexibility index (Phi) is 4.59. The fourth-order valence-corrected chi connectivity index (χ4v) is 4.23. The van der Waals surface area contributed by atoms with Crippen molar-refractivity contribution in [1.29, 1.82) is 0 Å². The maximum atomic E-state index is 12.5. The van der Waals surface area contributed by atoms with Gasteiger partial charge >= 0.3 is 0 Å². The quantitative estimate of drug-likeness (QED) is 0.891. The summed E-state index contributed by atoms with van der Waals surface area (Å²) in [6, 6.07) is 6.92. The van der Waals surface area contributed by atoms with Gasteiger partial charge in [0.05, 0.1) is 4.90 Å². The van der Waals surface area contributed by atoms with E-state index in [9.17, 15) is 8.42 Å². The van der Waals surface area contributed by atoms with Gasteiger partial charge in [-0.2, -0.15) is 11.3 Å². The Hall–Kier alpha value is -1.21. The minimum Gasteiger partial charge on any atom is -0.326 e. The van der Waals surface area contributed by atoms with Crippen LogP contribution in [0.5, 0.6) is 0 Å². The molecular weight excluding hydrogens is 292 g/mol. The lowest BCUT2D eigenvalue weighted by Gasteiger charge is -2.15. The Morgan fingerprint density at radius 3 is 2.70 bits per heavy atom. The third kappa shape index (κ3) is 3.27. The lowest BCUT2D eigenvalue weighted by Crippen LogP contribution is -2.27. The summed E-state index contributed by atoms with van der Waals surface area (Å²) in [7, 11) is -3.55. The van der Waals surface area contributed by atoms with Crippen molar-refractivity contribution in [3.63, 3.8) is 0 Å². The maximum Gasteiger partial charge on any atom is 0.241 e. The summed E-state index contributed by atoms with van der Waals surface area (Å²) in [5.74, 6) is 0. The minimum atomic E-state index is -3.55. The van der Waals surface area contributed by atoms with Crippen molar-refractivity contribution in [3.05, 3.63) is 51.7 Å². The predicted molar refractivity (Wildman–Crippen MR) is 82.1 cm³/mol. The van der Waals surface area contributed by atoms with Gasteiger partial charge in [0.1, 0.15) is 0 Å². The number of hydrogen-bond donors (Lipinski definition) is 2. The number of aryl methyl sites for hydroxylation is 1. The van der Waals surface area contributed by atoms with Gasteiger partial charge in [0.2, 0.25) is 10.0 Å². The summed E-state index contributed by atoms with van der Waals surface area (Å²) in [4.78, 5) is 0.294. The van der Waals surface area contributed by atoms with Crippen LogP contribution in [0.2, 0.25) is 0 Å². The molecule has 1 aromatic carbocycles. The zero-order chi connectivity index (χ0) is 14.8. The van der Waals surface area contributed by atoms with E-state index in [1.54, 1.807) is 30.4 Å². The Bertz CT molecular complexity index is 679. The second-order valence-electron chi connectivity index (χ2n) is 4.70. The molecule has 0 amide bonds. The average molecular weight is 310 g/mol. The molecule has 1 aromatic heterocycles. The van der Waals surface area contributed by atoms with Gasteiger partial charge in [-0.15, -0.1) is 0 Å². The van der Waals surface area contributed by atoms with Crippen molar-refractivity contribution in [2.75, 3.05) is 0 Å². The van der Waals surface area contributed by atoms with E-state index in [1.807, 2.05) is 29.8 Å². The molecule has 20 heavy (non-hydrogen) atoms. The molecule has 108 valence electrons. The van der Waals surface area contributed by atoms with E-state index in [4.69, 9.17) is 5.73 Å². The first-order chi connectivity index (χ1) is 9.44. The second-order valence-corrected chi connectivity index (χ2v) is 7.17. The van der Waals surface area contributed by atoms with E-state index in [-0.39, 0.29) is 6.04 Å². The summed E-state index contributed by atoms with van der Waals surface area (Å²) in [5.41, 5.74) is 8.06. The molecule has 0 radical (unpaired) electrons. The normalized spacial score (nSPS) is 13.3. The fraction of sp³-hybridized carbons (Fsp3) is 0.286. The highest BCUT2D eigenvalue weighted by atomic mass is 32.2. The largest absolute Gasteiger partial charge is 0.326 e. The molecule has 0 spiro atoms. The van der Waals surface area contributed by atoms with E-state index < -0.39 is 10.0 Å². The molecule has 2 rings (SSSR count). The first kappa shape index (κ1) is 15.2. The van der Waals surface area contributed by atoms with Crippen molar-refractivity contribution < 1.29 is 8.42 Å². The van der Waals surface area contributed by atoms with Crippen LogP contribution < -0.4 is 10.5 Å². The average Bonchev–Trinajstić information content (AvgIpc) is 2.92. The van der Waals surface area contributed by atoms with Gasteiger partial charge in [-0.3, -0.25) is 0 Å². The van der Waals surface area contributed by atoms with Crippen LogP contribution in [0.1, 0.15) is 29.7 Å². The highest BCUT2D eigenvalue weighted by molar-refractivity contribution is 7.89. The number of nitrogens with two attached hydrogens (primary N) is 1. The zero-order valence-corrected chi connectivity index (χ0v) is 13.1. The molecule has 2 aromatic rings. The Morgan fingerprint density at radius 2 is 2.10 bits per heavy atom. The molecule has 0 saturated carbocycles. The van der Waals surface area contributed by atoms with Crippen molar-refractivity contribution in [2.24, 2.45) is 5.73 Å². The minimum absolute atomic E-state index is 0.257. The molecule has 0 aliphatic carbocycles. The van der Waals surface area contributed by atoms with E-state index in [0.717, 1.165) is 11.1 Å². The van der Waals surface area contributed by atoms with Crippen LogP contribution >= 0.6 is 11.3 Å². The smallest absolute Gasteiger partial charge is 0.241 e. The van der Waals surface area contributed by atoms with E-state index in [0.29, 0.717) is 17.0 Å². The number of nitrogens with one attached hydrogen (secondary N) is 1. The summed E-state index contributed by atoms with van der Waals surface area (Å²) in [6.07, 6.45) is 0. The van der Waals surface area contributed by atoms with Crippen LogP contribution in [-0.4, -0.2) is 8.42 Å². The SMILES string of the molecule is Cc1ccc(CN)cc1S(=O)(=O)NC(C)c1ccsc1. The molecule has 0 aliphatic rings. The van der Waals surface area contributed by atoms with Gasteiger partial charge in [-0.05, 0) is 53.4 Å². The lowest BCUT2D eigenvalue weighted by molar-refractivity contribution is 0.566. The summed E-state index contributed by atoms with van der Waals surface area (Å²) in [5, 5.41) is 3.87. The standard InChI is InChI=1S/C14H18N2O2S2/c1-10-3-4-12(8-15)7-14(10)20(17,18)16-11(2)13-5-6-19-9-13/h3-7,9,11,16H,8,15H2,1-2H3. The van der Waals surface area contributed by atoms with E-state index in [2.05, 4.69) is 4.72 Å². The van der Waals surface area contributed by atoms with Gasteiger partial charge in [0, 0.05) is 12.6 Å². The summed E-state index contributed by atoms with van der Waals surface area (Å²) < 4.78 is 27.7. The number of benzene rings is 1. The molecule has 0 saturated heterocycles. The lowest BCUT2D eigenvalue weighted by atomic mass is 10.1. The molecule has 6 heteroatoms. The zero-order valence-electron chi connectivity index (χ0n) is 11.5. The first-order valence-corrected chi connectivity index (χ1v) is 8.70. The Morgan fingerprint density at radius 1 is 1.35 bits per heavy atom. The van der Waals surface area contributed by atoms with Crippen LogP contribution in [0.25, 0.3) is 0 Å². The van der Waals surface area contributed by atoms with Crippen molar-refractivity contribution in [2.45, 2.75) is 31.3 Å². The van der Waals surface area contributed by atoms with Crippen molar-refractivity contribution >= 4 is 21.4 Å². The number of hydrogen-bond acceptors (Lipinski definition) is 4. The Balaban J connectivity index is 2.31. The molecule has 4 nitrogen and oxygen atoms in total. The topological polar surface area (TPSA) is 72.2 Å². The Labute approximate surface area is 123 Å². The van der Waals surface area contributed by atoms with Crippen LogP contribution in [0.15, 0.2) is 39.9 Å². The third-order valence-electron chi connectivity index (χ3n) is 3.15. The van der Waals surface area contributed by atoms with Crippen molar-refractivity contribution in [1.82, 2.24) is 4.72 Å². The molecule has 1 heterocycles. The highest BCUT2D eigenvalue weighted by Gasteiger charge is 2.20. The number of rotatable bonds is 5. The summed E-state index contributed by atoms with van der Waals surface area (Å²) >= 11 is 1.55. The monoisotopic (exact) mass is 310 g/mol. The molecular formula is C14H18N2O2S2. The van der Waals surface area contributed by atoms with Crippen LogP contribution in [-0.2, 0) is 16.6 Å². The third-order valence-corrected chi connectivity index (χ3v) is 5.54. The predicted octanol–water partition coefficient (Wildman–Crippen LogP) is 2.55. The first-order valence-electron chi connectivity index (χ1n) is 6.28. The number of sulfonamides is 1. The van der Waals surface area contributed by atoms with Gasteiger partial charge in [0.25, 0.3) is 0 Å². The molecule has 1 unspecified atom stereocenters. The van der Waals surface area contributed by atoms with Crippen LogP contribution in [0.3, 0.4) is 0 Å². The fourth-order valence-electron chi connectivity index (χ4n) is 1.95. The summed E-state index contributed by atoms with van der Waals surface area (Å²) in [6.45, 7) is 3.94. The second kappa shape index (κ2) is 6.05. The van der Waals surface area contributed by atoms with Gasteiger partial charge in [-0.25, -0.2) is 13.1 Å². The molecule has 0 aliphatic heterocycles. The van der Waals surface area contributed by atoms with Gasteiger partial charge < -0.3 is 5.73 Å². The highest BCUT2D eigenvalue weighted by Crippen LogP contribution is 2.21. The van der Waals surface area contributed by atoms with Crippen LogP contribution in [0, 0.1) is 6.92 Å². The molecule has 1 atom stereocenters. The van der Waals surface area contributed by atoms with Crippen molar-refractivity contribution in [3.8, 4) is 0 Å².